The molecule has 1 aromatic heterocycles. The number of nitrogens with one attached hydrogen (secondary N) is 1. The number of carbonyl (C=O) groups is 1. The molecule has 1 atom stereocenters. The van der Waals surface area contributed by atoms with Gasteiger partial charge in [0.05, 0.1) is 6.54 Å². The highest BCUT2D eigenvalue weighted by atomic mass is 35.5. The summed E-state index contributed by atoms with van der Waals surface area (Å²) in [5.74, 6) is 0.616. The largest absolute Gasteiger partial charge is 0.345 e. The molecule has 19 heavy (non-hydrogen) atoms. The highest BCUT2D eigenvalue weighted by molar-refractivity contribution is 5.85. The first-order valence-electron chi connectivity index (χ1n) is 5.54. The molecule has 1 heterocycles. The van der Waals surface area contributed by atoms with Crippen LogP contribution in [0.3, 0.4) is 0 Å². The SMILES string of the molecule is Cc1noc(CNC(=O)C(N)c2ccccc2)n1.Cl. The summed E-state index contributed by atoms with van der Waals surface area (Å²) in [4.78, 5) is 15.8. The number of amides is 1. The van der Waals surface area contributed by atoms with Gasteiger partial charge in [-0.1, -0.05) is 35.5 Å². The van der Waals surface area contributed by atoms with Crippen LogP contribution in [0.15, 0.2) is 34.9 Å². The average molecular weight is 283 g/mol. The van der Waals surface area contributed by atoms with Crippen molar-refractivity contribution in [3.63, 3.8) is 0 Å². The Hall–Kier alpha value is -1.92. The lowest BCUT2D eigenvalue weighted by molar-refractivity contribution is -0.122. The van der Waals surface area contributed by atoms with Gasteiger partial charge in [0.25, 0.3) is 0 Å². The van der Waals surface area contributed by atoms with Crippen molar-refractivity contribution in [1.82, 2.24) is 15.5 Å². The van der Waals surface area contributed by atoms with E-state index >= 15 is 0 Å². The monoisotopic (exact) mass is 282 g/mol. The third kappa shape index (κ3) is 4.04. The minimum Gasteiger partial charge on any atom is -0.345 e. The minimum absolute atomic E-state index is 0. The highest BCUT2D eigenvalue weighted by Crippen LogP contribution is 2.09. The molecule has 2 aromatic rings. The predicted molar refractivity (Wildman–Crippen MR) is 71.5 cm³/mol. The lowest BCUT2D eigenvalue weighted by Crippen LogP contribution is -2.33. The number of carbonyl (C=O) groups excluding carboxylic acids is 1. The number of hydrogen-bond donors (Lipinski definition) is 2. The fourth-order valence-electron chi connectivity index (χ4n) is 1.50. The molecule has 0 saturated carbocycles. The van der Waals surface area contributed by atoms with Crippen molar-refractivity contribution in [1.29, 1.82) is 0 Å². The van der Waals surface area contributed by atoms with Gasteiger partial charge >= 0.3 is 0 Å². The zero-order chi connectivity index (χ0) is 13.0. The van der Waals surface area contributed by atoms with Crippen molar-refractivity contribution in [2.75, 3.05) is 0 Å². The van der Waals surface area contributed by atoms with Crippen LogP contribution in [0.4, 0.5) is 0 Å². The summed E-state index contributed by atoms with van der Waals surface area (Å²) in [6.45, 7) is 1.89. The van der Waals surface area contributed by atoms with Crippen LogP contribution in [0, 0.1) is 6.92 Å². The van der Waals surface area contributed by atoms with E-state index in [1.165, 1.54) is 0 Å². The van der Waals surface area contributed by atoms with E-state index in [4.69, 9.17) is 10.3 Å². The molecule has 0 bridgehead atoms. The van der Waals surface area contributed by atoms with Gasteiger partial charge in [-0.05, 0) is 12.5 Å². The number of halogens is 1. The number of benzene rings is 1. The van der Waals surface area contributed by atoms with E-state index in [0.717, 1.165) is 5.56 Å². The van der Waals surface area contributed by atoms with Gasteiger partial charge in [0.1, 0.15) is 6.04 Å². The zero-order valence-corrected chi connectivity index (χ0v) is 11.2. The van der Waals surface area contributed by atoms with E-state index in [0.29, 0.717) is 11.7 Å². The van der Waals surface area contributed by atoms with E-state index < -0.39 is 6.04 Å². The number of hydrogen-bond acceptors (Lipinski definition) is 5. The van der Waals surface area contributed by atoms with E-state index in [-0.39, 0.29) is 24.9 Å². The van der Waals surface area contributed by atoms with Crippen LogP contribution in [0.5, 0.6) is 0 Å². The topological polar surface area (TPSA) is 94.0 Å². The second kappa shape index (κ2) is 6.86. The second-order valence-electron chi connectivity index (χ2n) is 3.84. The molecule has 0 radical (unpaired) electrons. The van der Waals surface area contributed by atoms with E-state index in [9.17, 15) is 4.79 Å². The van der Waals surface area contributed by atoms with Crippen LogP contribution >= 0.6 is 12.4 Å². The Balaban J connectivity index is 0.00000180. The number of aryl methyl sites for hydroxylation is 1. The maximum atomic E-state index is 11.8. The molecular formula is C12H15ClN4O2. The molecule has 3 N–H and O–H groups in total. The van der Waals surface area contributed by atoms with Crippen molar-refractivity contribution >= 4 is 18.3 Å². The van der Waals surface area contributed by atoms with Gasteiger partial charge in [-0.3, -0.25) is 4.79 Å². The molecule has 1 unspecified atom stereocenters. The molecule has 0 fully saturated rings. The molecule has 0 aliphatic carbocycles. The Morgan fingerprint density at radius 1 is 1.42 bits per heavy atom. The van der Waals surface area contributed by atoms with Crippen LogP contribution in [0.2, 0.25) is 0 Å². The summed E-state index contributed by atoms with van der Waals surface area (Å²) in [6, 6.07) is 8.46. The van der Waals surface area contributed by atoms with Crippen molar-refractivity contribution in [2.45, 2.75) is 19.5 Å². The fraction of sp³-hybridized carbons (Fsp3) is 0.250. The second-order valence-corrected chi connectivity index (χ2v) is 3.84. The van der Waals surface area contributed by atoms with Gasteiger partial charge in [-0.15, -0.1) is 12.4 Å². The summed E-state index contributed by atoms with van der Waals surface area (Å²) in [7, 11) is 0. The Morgan fingerprint density at radius 3 is 2.68 bits per heavy atom. The summed E-state index contributed by atoms with van der Waals surface area (Å²) in [5.41, 5.74) is 6.59. The molecule has 0 spiro atoms. The van der Waals surface area contributed by atoms with Gasteiger partial charge < -0.3 is 15.6 Å². The standard InChI is InChI=1S/C12H14N4O2.ClH/c1-8-15-10(18-16-8)7-14-12(17)11(13)9-5-3-2-4-6-9;/h2-6,11H,7,13H2,1H3,(H,14,17);1H. The third-order valence-electron chi connectivity index (χ3n) is 2.42. The molecule has 1 amide bonds. The highest BCUT2D eigenvalue weighted by Gasteiger charge is 2.15. The van der Waals surface area contributed by atoms with Gasteiger partial charge in [-0.25, -0.2) is 0 Å². The summed E-state index contributed by atoms with van der Waals surface area (Å²) < 4.78 is 4.88. The Labute approximate surface area is 116 Å². The van der Waals surface area contributed by atoms with Crippen LogP contribution < -0.4 is 11.1 Å². The lowest BCUT2D eigenvalue weighted by atomic mass is 10.1. The summed E-state index contributed by atoms with van der Waals surface area (Å²) in [6.07, 6.45) is 0. The number of rotatable bonds is 4. The first-order chi connectivity index (χ1) is 8.66. The average Bonchev–Trinajstić information content (AvgIpc) is 2.82. The van der Waals surface area contributed by atoms with Crippen LogP contribution in [-0.4, -0.2) is 16.0 Å². The smallest absolute Gasteiger partial charge is 0.246 e. The lowest BCUT2D eigenvalue weighted by Gasteiger charge is -2.11. The van der Waals surface area contributed by atoms with Crippen LogP contribution in [0.25, 0.3) is 0 Å². The summed E-state index contributed by atoms with van der Waals surface area (Å²) in [5, 5.41) is 6.28. The van der Waals surface area contributed by atoms with Gasteiger partial charge in [0.2, 0.25) is 11.8 Å². The van der Waals surface area contributed by atoms with E-state index in [1.54, 1.807) is 19.1 Å². The normalized spacial score (nSPS) is 11.5. The Morgan fingerprint density at radius 2 is 2.11 bits per heavy atom. The van der Waals surface area contributed by atoms with E-state index in [1.807, 2.05) is 18.2 Å². The molecule has 7 heteroatoms. The molecule has 0 aliphatic heterocycles. The number of aromatic nitrogens is 2. The van der Waals surface area contributed by atoms with Gasteiger partial charge in [-0.2, -0.15) is 4.98 Å². The predicted octanol–water partition coefficient (Wildman–Crippen LogP) is 1.12. The first-order valence-corrected chi connectivity index (χ1v) is 5.54. The molecule has 6 nitrogen and oxygen atoms in total. The molecule has 102 valence electrons. The van der Waals surface area contributed by atoms with Crippen LogP contribution in [-0.2, 0) is 11.3 Å². The van der Waals surface area contributed by atoms with Crippen molar-refractivity contribution < 1.29 is 9.32 Å². The molecule has 0 saturated heterocycles. The van der Waals surface area contributed by atoms with Crippen molar-refractivity contribution in [3.8, 4) is 0 Å². The molecular weight excluding hydrogens is 268 g/mol. The fourth-order valence-corrected chi connectivity index (χ4v) is 1.50. The third-order valence-corrected chi connectivity index (χ3v) is 2.42. The minimum atomic E-state index is -0.699. The Bertz CT molecular complexity index is 530. The van der Waals surface area contributed by atoms with Crippen molar-refractivity contribution in [3.05, 3.63) is 47.6 Å². The molecule has 0 aliphatic rings. The number of nitrogens with two attached hydrogens (primary N) is 1. The zero-order valence-electron chi connectivity index (χ0n) is 10.4. The maximum absolute atomic E-state index is 11.8. The first kappa shape index (κ1) is 15.1. The molecule has 2 rings (SSSR count). The Kier molecular flexibility index (Phi) is 5.47. The summed E-state index contributed by atoms with van der Waals surface area (Å²) >= 11 is 0. The van der Waals surface area contributed by atoms with Crippen molar-refractivity contribution in [2.24, 2.45) is 5.73 Å². The van der Waals surface area contributed by atoms with E-state index in [2.05, 4.69) is 15.5 Å². The maximum Gasteiger partial charge on any atom is 0.246 e. The molecule has 1 aromatic carbocycles. The van der Waals surface area contributed by atoms with Gasteiger partial charge in [0.15, 0.2) is 5.82 Å². The van der Waals surface area contributed by atoms with Gasteiger partial charge in [0, 0.05) is 0 Å². The van der Waals surface area contributed by atoms with Crippen LogP contribution in [0.1, 0.15) is 23.3 Å². The number of nitrogens with zero attached hydrogens (tertiary/aromatic N) is 2. The quantitative estimate of drug-likeness (QED) is 0.876.